The monoisotopic (exact) mass is 651 g/mol. The summed E-state index contributed by atoms with van der Waals surface area (Å²) in [7, 11) is 0. The van der Waals surface area contributed by atoms with E-state index in [1.807, 2.05) is 24.3 Å². The lowest BCUT2D eigenvalue weighted by Crippen LogP contribution is -2.15. The molecule has 0 aliphatic heterocycles. The molecule has 0 amide bonds. The van der Waals surface area contributed by atoms with Gasteiger partial charge >= 0.3 is 0 Å². The molecule has 4 nitrogen and oxygen atoms in total. The van der Waals surface area contributed by atoms with Crippen molar-refractivity contribution in [3.8, 4) is 34.2 Å². The fraction of sp³-hybridized carbons (Fsp3) is 0.0426. The molecule has 0 radical (unpaired) electrons. The van der Waals surface area contributed by atoms with Gasteiger partial charge in [-0.1, -0.05) is 146 Å². The fourth-order valence-electron chi connectivity index (χ4n) is 8.37. The van der Waals surface area contributed by atoms with Crippen LogP contribution in [0, 0.1) is 11.8 Å². The van der Waals surface area contributed by atoms with Gasteiger partial charge in [-0.3, -0.25) is 0 Å². The van der Waals surface area contributed by atoms with E-state index in [0.29, 0.717) is 17.5 Å². The lowest BCUT2D eigenvalue weighted by molar-refractivity contribution is 0.669. The summed E-state index contributed by atoms with van der Waals surface area (Å²) in [6.07, 6.45) is 11.7. The number of rotatable bonds is 4. The van der Waals surface area contributed by atoms with Gasteiger partial charge in [0.1, 0.15) is 11.2 Å². The van der Waals surface area contributed by atoms with Crippen LogP contribution in [0.2, 0.25) is 0 Å². The summed E-state index contributed by atoms with van der Waals surface area (Å²) < 4.78 is 6.31. The van der Waals surface area contributed by atoms with Crippen molar-refractivity contribution in [1.29, 1.82) is 0 Å². The first-order chi connectivity index (χ1) is 25.3. The Labute approximate surface area is 294 Å². The molecule has 2 unspecified atom stereocenters. The third-order valence-corrected chi connectivity index (χ3v) is 10.6. The van der Waals surface area contributed by atoms with E-state index in [1.54, 1.807) is 0 Å². The fourth-order valence-corrected chi connectivity index (χ4v) is 8.37. The minimum Gasteiger partial charge on any atom is -0.456 e. The van der Waals surface area contributed by atoms with Gasteiger partial charge < -0.3 is 4.42 Å². The minimum absolute atomic E-state index is 0.254. The van der Waals surface area contributed by atoms with Gasteiger partial charge in [-0.25, -0.2) is 15.0 Å². The normalized spacial score (nSPS) is 17.3. The summed E-state index contributed by atoms with van der Waals surface area (Å²) in [5.41, 5.74) is 12.5. The molecule has 0 N–H and O–H groups in total. The third-order valence-electron chi connectivity index (χ3n) is 10.6. The Morgan fingerprint density at radius 2 is 1.25 bits per heavy atom. The van der Waals surface area contributed by atoms with Crippen LogP contribution in [0.4, 0.5) is 0 Å². The number of para-hydroxylation sites is 1. The average molecular weight is 652 g/mol. The number of furan rings is 1. The lowest BCUT2D eigenvalue weighted by Gasteiger charge is -2.28. The topological polar surface area (TPSA) is 51.8 Å². The van der Waals surface area contributed by atoms with Gasteiger partial charge in [0.15, 0.2) is 17.5 Å². The Balaban J connectivity index is 1.06. The van der Waals surface area contributed by atoms with E-state index in [0.717, 1.165) is 44.2 Å². The van der Waals surface area contributed by atoms with Crippen molar-refractivity contribution in [2.24, 2.45) is 11.8 Å². The average Bonchev–Trinajstić information content (AvgIpc) is 3.74. The highest BCUT2D eigenvalue weighted by molar-refractivity contribution is 6.16. The summed E-state index contributed by atoms with van der Waals surface area (Å²) in [5, 5.41) is 4.66. The van der Waals surface area contributed by atoms with Crippen molar-refractivity contribution in [2.45, 2.75) is 0 Å². The van der Waals surface area contributed by atoms with E-state index in [2.05, 4.69) is 140 Å². The maximum atomic E-state index is 6.31. The van der Waals surface area contributed by atoms with E-state index >= 15 is 0 Å². The summed E-state index contributed by atoms with van der Waals surface area (Å²) in [5.74, 6) is 2.51. The zero-order chi connectivity index (χ0) is 33.5. The molecular formula is C47H29N3O. The van der Waals surface area contributed by atoms with E-state index in [-0.39, 0.29) is 11.8 Å². The molecule has 2 atom stereocenters. The predicted octanol–water partition coefficient (Wildman–Crippen LogP) is 11.6. The third kappa shape index (κ3) is 4.36. The first-order valence-electron chi connectivity index (χ1n) is 17.4. The van der Waals surface area contributed by atoms with E-state index in [9.17, 15) is 0 Å². The smallest absolute Gasteiger partial charge is 0.164 e. The van der Waals surface area contributed by atoms with Gasteiger partial charge in [0.05, 0.1) is 0 Å². The molecule has 3 aliphatic carbocycles. The van der Waals surface area contributed by atoms with Crippen molar-refractivity contribution in [3.63, 3.8) is 0 Å². The van der Waals surface area contributed by atoms with Gasteiger partial charge in [-0.15, -0.1) is 0 Å². The summed E-state index contributed by atoms with van der Waals surface area (Å²) in [4.78, 5) is 15.2. The van der Waals surface area contributed by atoms with Gasteiger partial charge in [-0.2, -0.15) is 0 Å². The second kappa shape index (κ2) is 10.9. The first kappa shape index (κ1) is 28.2. The van der Waals surface area contributed by atoms with Crippen molar-refractivity contribution in [3.05, 3.63) is 181 Å². The van der Waals surface area contributed by atoms with Gasteiger partial charge in [-0.05, 0) is 62.4 Å². The molecule has 3 aliphatic rings. The molecule has 0 fully saturated rings. The lowest BCUT2D eigenvalue weighted by atomic mass is 9.75. The number of allylic oxidation sites excluding steroid dienone is 8. The number of benzene rings is 6. The zero-order valence-corrected chi connectivity index (χ0v) is 27.5. The van der Waals surface area contributed by atoms with Crippen LogP contribution in [0.25, 0.3) is 83.6 Å². The van der Waals surface area contributed by atoms with Crippen molar-refractivity contribution >= 4 is 49.4 Å². The quantitative estimate of drug-likeness (QED) is 0.190. The molecule has 0 saturated heterocycles. The van der Waals surface area contributed by atoms with E-state index in [1.165, 1.54) is 38.6 Å². The Morgan fingerprint density at radius 1 is 0.529 bits per heavy atom. The molecule has 2 aromatic heterocycles. The SMILES string of the molecule is C1=CC2C=C(c3cccc(-c4nc(-c5ccccc5)nc(-c5cccc6ccccc56)n4)c3)C=C3c4ccc5oc6ccccc6c5c4C(=C1)C32. The van der Waals surface area contributed by atoms with Crippen LogP contribution in [0.1, 0.15) is 16.7 Å². The van der Waals surface area contributed by atoms with Crippen LogP contribution in [0.3, 0.4) is 0 Å². The maximum Gasteiger partial charge on any atom is 0.164 e. The highest BCUT2D eigenvalue weighted by Crippen LogP contribution is 2.57. The molecule has 2 heterocycles. The Kier molecular flexibility index (Phi) is 6.05. The molecule has 0 bridgehead atoms. The standard InChI is InChI=1S/C47H29N3O/c1-2-12-29(13-3-1)45-48-46(50-47(49-45)36-20-9-14-28-11-4-5-18-34(28)36)32-17-8-15-30(25-32)33-26-31-16-10-21-38-42(31)39(27-33)35-23-24-41-44(43(35)38)37-19-6-7-22-40(37)51-41/h1-27,31,42H. The Bertz CT molecular complexity index is 2870. The molecule has 0 spiro atoms. The maximum absolute atomic E-state index is 6.31. The Morgan fingerprint density at radius 3 is 2.18 bits per heavy atom. The Hall–Kier alpha value is -6.65. The van der Waals surface area contributed by atoms with Crippen LogP contribution in [0.5, 0.6) is 0 Å². The molecule has 8 aromatic rings. The van der Waals surface area contributed by atoms with Gasteiger partial charge in [0.25, 0.3) is 0 Å². The second-order valence-corrected chi connectivity index (χ2v) is 13.5. The van der Waals surface area contributed by atoms with Crippen LogP contribution in [-0.4, -0.2) is 15.0 Å². The number of nitrogens with zero attached hydrogens (tertiary/aromatic N) is 3. The zero-order valence-electron chi connectivity index (χ0n) is 27.5. The van der Waals surface area contributed by atoms with E-state index < -0.39 is 0 Å². The molecule has 51 heavy (non-hydrogen) atoms. The van der Waals surface area contributed by atoms with Gasteiger partial charge in [0, 0.05) is 39.3 Å². The highest BCUT2D eigenvalue weighted by Gasteiger charge is 2.40. The second-order valence-electron chi connectivity index (χ2n) is 13.5. The predicted molar refractivity (Wildman–Crippen MR) is 207 cm³/mol. The molecule has 4 heteroatoms. The number of fused-ring (bicyclic) bond motifs is 8. The van der Waals surface area contributed by atoms with Crippen molar-refractivity contribution in [2.75, 3.05) is 0 Å². The van der Waals surface area contributed by atoms with Crippen LogP contribution in [0.15, 0.2) is 168 Å². The van der Waals surface area contributed by atoms with Crippen molar-refractivity contribution in [1.82, 2.24) is 15.0 Å². The van der Waals surface area contributed by atoms with Gasteiger partial charge in [0.2, 0.25) is 0 Å². The summed E-state index contributed by atoms with van der Waals surface area (Å²) in [6, 6.07) is 46.3. The van der Waals surface area contributed by atoms with E-state index in [4.69, 9.17) is 19.4 Å². The minimum atomic E-state index is 0.254. The number of aromatic nitrogens is 3. The van der Waals surface area contributed by atoms with Crippen molar-refractivity contribution < 1.29 is 4.42 Å². The number of hydrogen-bond donors (Lipinski definition) is 0. The first-order valence-corrected chi connectivity index (χ1v) is 17.4. The van der Waals surface area contributed by atoms with Crippen LogP contribution in [-0.2, 0) is 0 Å². The van der Waals surface area contributed by atoms with Crippen LogP contribution < -0.4 is 0 Å². The molecule has 11 rings (SSSR count). The highest BCUT2D eigenvalue weighted by atomic mass is 16.3. The molecule has 238 valence electrons. The largest absolute Gasteiger partial charge is 0.456 e. The summed E-state index contributed by atoms with van der Waals surface area (Å²) in [6.45, 7) is 0. The molecular weight excluding hydrogens is 623 g/mol. The summed E-state index contributed by atoms with van der Waals surface area (Å²) >= 11 is 0. The number of hydrogen-bond acceptors (Lipinski definition) is 4. The van der Waals surface area contributed by atoms with Crippen LogP contribution >= 0.6 is 0 Å². The molecule has 6 aromatic carbocycles. The molecule has 0 saturated carbocycles.